The van der Waals surface area contributed by atoms with Crippen LogP contribution in [0, 0.1) is 11.8 Å². The first-order valence-corrected chi connectivity index (χ1v) is 13.0. The van der Waals surface area contributed by atoms with E-state index in [4.69, 9.17) is 10.5 Å². The Kier molecular flexibility index (Phi) is 6.71. The van der Waals surface area contributed by atoms with Crippen LogP contribution in [0.1, 0.15) is 33.5 Å². The van der Waals surface area contributed by atoms with Crippen LogP contribution in [0.25, 0.3) is 0 Å². The molecule has 0 saturated carbocycles. The Balaban J connectivity index is 1.59. The van der Waals surface area contributed by atoms with Crippen LogP contribution in [-0.4, -0.2) is 75.6 Å². The number of nitrogens with zero attached hydrogens (tertiary/aromatic N) is 1. The minimum absolute atomic E-state index is 0.0175. The molecule has 0 bridgehead atoms. The van der Waals surface area contributed by atoms with E-state index < -0.39 is 58.0 Å². The molecule has 10 nitrogen and oxygen atoms in total. The van der Waals surface area contributed by atoms with E-state index in [1.54, 1.807) is 27.3 Å². The molecule has 2 aromatic rings. The van der Waals surface area contributed by atoms with Crippen LogP contribution in [-0.2, 0) is 28.9 Å². The van der Waals surface area contributed by atoms with Crippen LogP contribution in [0.15, 0.2) is 59.1 Å². The number of carbonyl (C=O) groups is 3. The Bertz CT molecular complexity index is 1510. The Labute approximate surface area is 231 Å². The number of amides is 1. The van der Waals surface area contributed by atoms with Crippen LogP contribution in [0.2, 0.25) is 0 Å². The van der Waals surface area contributed by atoms with Crippen molar-refractivity contribution >= 4 is 17.5 Å². The number of aryl methyl sites for hydroxylation is 2. The fraction of sp³-hybridized carbons (Fsp3) is 0.367. The number of ketones is 2. The summed E-state index contributed by atoms with van der Waals surface area (Å²) < 4.78 is 5.31. The number of likely N-dealkylation sites (N-methyl/N-ethyl adjacent to an activating group) is 1. The maximum Gasteiger partial charge on any atom is 0.255 e. The molecule has 0 aliphatic heterocycles. The van der Waals surface area contributed by atoms with Gasteiger partial charge in [0.05, 0.1) is 18.7 Å². The zero-order valence-electron chi connectivity index (χ0n) is 22.5. The van der Waals surface area contributed by atoms with Crippen LogP contribution >= 0.6 is 0 Å². The lowest BCUT2D eigenvalue weighted by atomic mass is 9.58. The number of hydrogen-bond acceptors (Lipinski definition) is 9. The van der Waals surface area contributed by atoms with Gasteiger partial charge >= 0.3 is 0 Å². The third-order valence-electron chi connectivity index (χ3n) is 8.52. The summed E-state index contributed by atoms with van der Waals surface area (Å²) in [5, 5.41) is 44.7. The van der Waals surface area contributed by atoms with Crippen molar-refractivity contribution in [3.63, 3.8) is 0 Å². The highest BCUT2D eigenvalue weighted by Crippen LogP contribution is 2.52. The summed E-state index contributed by atoms with van der Waals surface area (Å²) in [5.41, 5.74) is 4.28. The summed E-state index contributed by atoms with van der Waals surface area (Å²) >= 11 is 0. The Morgan fingerprint density at radius 2 is 1.85 bits per heavy atom. The number of hydrogen-bond donors (Lipinski definition) is 5. The molecular weight excluding hydrogens is 516 g/mol. The number of aliphatic hydroxyl groups excluding tert-OH is 2. The molecule has 0 heterocycles. The second-order valence-corrected chi connectivity index (χ2v) is 10.9. The lowest BCUT2D eigenvalue weighted by molar-refractivity contribution is -0.148. The second-order valence-electron chi connectivity index (χ2n) is 10.9. The number of carbonyl (C=O) groups excluding carboxylic acids is 3. The highest BCUT2D eigenvalue weighted by atomic mass is 16.5. The second kappa shape index (κ2) is 9.79. The zero-order valence-corrected chi connectivity index (χ0v) is 22.5. The van der Waals surface area contributed by atoms with E-state index in [1.807, 2.05) is 24.3 Å². The van der Waals surface area contributed by atoms with Gasteiger partial charge in [-0.15, -0.1) is 0 Å². The van der Waals surface area contributed by atoms with Gasteiger partial charge in [0.25, 0.3) is 5.91 Å². The number of allylic oxidation sites excluding steroid dienone is 1. The van der Waals surface area contributed by atoms with Crippen molar-refractivity contribution in [2.24, 2.45) is 17.6 Å². The fourth-order valence-corrected chi connectivity index (χ4v) is 6.66. The van der Waals surface area contributed by atoms with Crippen molar-refractivity contribution < 1.29 is 39.5 Å². The third kappa shape index (κ3) is 3.98. The number of aromatic hydroxyl groups is 1. The molecule has 1 amide bonds. The molecule has 40 heavy (non-hydrogen) atoms. The van der Waals surface area contributed by atoms with Gasteiger partial charge < -0.3 is 30.9 Å². The van der Waals surface area contributed by atoms with Crippen molar-refractivity contribution in [1.82, 2.24) is 4.90 Å². The summed E-state index contributed by atoms with van der Waals surface area (Å²) in [6.45, 7) is 0. The van der Waals surface area contributed by atoms with Crippen molar-refractivity contribution in [3.05, 3.63) is 81.3 Å². The number of aliphatic hydroxyl groups is 3. The summed E-state index contributed by atoms with van der Waals surface area (Å²) in [7, 11) is 4.79. The molecule has 3 unspecified atom stereocenters. The summed E-state index contributed by atoms with van der Waals surface area (Å²) in [6.07, 6.45) is 1.53. The third-order valence-corrected chi connectivity index (χ3v) is 8.52. The van der Waals surface area contributed by atoms with Crippen LogP contribution in [0.3, 0.4) is 0 Å². The Morgan fingerprint density at radius 1 is 1.12 bits per heavy atom. The van der Waals surface area contributed by atoms with E-state index in [9.17, 15) is 34.8 Å². The van der Waals surface area contributed by atoms with Gasteiger partial charge in [0, 0.05) is 11.5 Å². The standard InChI is InChI=1S/C30H32N2O8/c1-32(2)24-19-13-16-12-18-15(8-7-14-5-4-6-17(11-14)40-3)9-10-20(33)22(18)25(34)21(16)27(36)30(19,39)28(37)23(26(24)35)29(31)38/h4-6,9-11,16,19,24,33,35-36,39H,7-8,12-13H2,1-3H3,(H2,31,38)/t16?,19?,24?,30-/m0/s1. The van der Waals surface area contributed by atoms with E-state index in [1.165, 1.54) is 11.0 Å². The molecule has 6 N–H and O–H groups in total. The van der Waals surface area contributed by atoms with Crippen LogP contribution < -0.4 is 10.5 Å². The first kappa shape index (κ1) is 27.4. The van der Waals surface area contributed by atoms with Crippen LogP contribution in [0.4, 0.5) is 0 Å². The lowest BCUT2D eigenvalue weighted by Crippen LogP contribution is -2.63. The number of rotatable bonds is 6. The molecule has 0 fully saturated rings. The van der Waals surface area contributed by atoms with Crippen molar-refractivity contribution in [1.29, 1.82) is 0 Å². The summed E-state index contributed by atoms with van der Waals surface area (Å²) in [4.78, 5) is 40.8. The van der Waals surface area contributed by atoms with Gasteiger partial charge in [0.1, 0.15) is 28.6 Å². The van der Waals surface area contributed by atoms with Gasteiger partial charge in [-0.1, -0.05) is 18.2 Å². The average Bonchev–Trinajstić information content (AvgIpc) is 2.90. The zero-order chi connectivity index (χ0) is 29.1. The van der Waals surface area contributed by atoms with Crippen molar-refractivity contribution in [2.75, 3.05) is 21.2 Å². The highest BCUT2D eigenvalue weighted by molar-refractivity contribution is 6.24. The maximum absolute atomic E-state index is 13.8. The van der Waals surface area contributed by atoms with Crippen LogP contribution in [0.5, 0.6) is 11.5 Å². The van der Waals surface area contributed by atoms with E-state index in [2.05, 4.69) is 0 Å². The summed E-state index contributed by atoms with van der Waals surface area (Å²) in [6, 6.07) is 9.83. The highest BCUT2D eigenvalue weighted by Gasteiger charge is 2.63. The molecule has 2 aromatic carbocycles. The quantitative estimate of drug-likeness (QED) is 0.338. The first-order valence-electron chi connectivity index (χ1n) is 13.0. The minimum atomic E-state index is -2.65. The molecule has 210 valence electrons. The van der Waals surface area contributed by atoms with Gasteiger partial charge in [-0.2, -0.15) is 0 Å². The van der Waals surface area contributed by atoms with Gasteiger partial charge in [-0.3, -0.25) is 19.3 Å². The number of phenols is 1. The van der Waals surface area contributed by atoms with E-state index in [0.29, 0.717) is 18.4 Å². The smallest absolute Gasteiger partial charge is 0.255 e. The molecule has 3 aliphatic rings. The average molecular weight is 549 g/mol. The molecule has 0 saturated heterocycles. The number of benzene rings is 2. The van der Waals surface area contributed by atoms with E-state index in [0.717, 1.165) is 16.9 Å². The lowest BCUT2D eigenvalue weighted by Gasteiger charge is -2.50. The number of primary amides is 1. The molecule has 3 aliphatic carbocycles. The molecular formula is C30H32N2O8. The Hall–Kier alpha value is -4.15. The monoisotopic (exact) mass is 548 g/mol. The molecule has 4 atom stereocenters. The number of methoxy groups -OCH3 is 1. The van der Waals surface area contributed by atoms with Gasteiger partial charge in [0.2, 0.25) is 5.78 Å². The van der Waals surface area contributed by atoms with Gasteiger partial charge in [0.15, 0.2) is 11.4 Å². The topological polar surface area (TPSA) is 171 Å². The van der Waals surface area contributed by atoms with E-state index in [-0.39, 0.29) is 29.7 Å². The van der Waals surface area contributed by atoms with Crippen molar-refractivity contribution in [3.8, 4) is 11.5 Å². The SMILES string of the molecule is COc1cccc(CCc2ccc(O)c3c2CC2CC4C(N(C)C)C(O)=C(C(N)=O)C(=O)[C@@]4(O)C(O)=C2C3=O)c1. The molecule has 0 radical (unpaired) electrons. The molecule has 10 heteroatoms. The number of ether oxygens (including phenoxy) is 1. The number of fused-ring (bicyclic) bond motifs is 3. The summed E-state index contributed by atoms with van der Waals surface area (Å²) in [5.74, 6) is -5.85. The molecule has 0 aromatic heterocycles. The number of Topliss-reactive ketones (excluding diaryl/α,β-unsaturated/α-hetero) is 2. The normalized spacial score (nSPS) is 26.0. The fourth-order valence-electron chi connectivity index (χ4n) is 6.66. The maximum atomic E-state index is 13.8. The molecule has 0 spiro atoms. The number of nitrogens with two attached hydrogens (primary N) is 1. The number of phenolic OH excluding ortho intramolecular Hbond substituents is 1. The first-order chi connectivity index (χ1) is 18.9. The minimum Gasteiger partial charge on any atom is -0.510 e. The van der Waals surface area contributed by atoms with Gasteiger partial charge in [-0.05, 0) is 80.6 Å². The predicted molar refractivity (Wildman–Crippen MR) is 144 cm³/mol. The predicted octanol–water partition coefficient (Wildman–Crippen LogP) is 1.91. The van der Waals surface area contributed by atoms with E-state index >= 15 is 0 Å². The largest absolute Gasteiger partial charge is 0.510 e. The van der Waals surface area contributed by atoms with Crippen molar-refractivity contribution in [2.45, 2.75) is 37.3 Å². The molecule has 5 rings (SSSR count). The van der Waals surface area contributed by atoms with Gasteiger partial charge in [-0.25, -0.2) is 0 Å². The Morgan fingerprint density at radius 3 is 2.50 bits per heavy atom.